The fourth-order valence-electron chi connectivity index (χ4n) is 3.76. The average Bonchev–Trinajstić information content (AvgIpc) is 3.05. The number of benzene rings is 1. The minimum absolute atomic E-state index is 0.0548. The molecule has 0 radical (unpaired) electrons. The van der Waals surface area contributed by atoms with E-state index in [0.717, 1.165) is 49.0 Å². The minimum atomic E-state index is -0.528. The first-order valence-corrected chi connectivity index (χ1v) is 11.2. The predicted molar refractivity (Wildman–Crippen MR) is 119 cm³/mol. The summed E-state index contributed by atoms with van der Waals surface area (Å²) in [7, 11) is 0. The third kappa shape index (κ3) is 5.08. The van der Waals surface area contributed by atoms with E-state index in [9.17, 15) is 14.4 Å². The average molecular weight is 429 g/mol. The number of esters is 1. The summed E-state index contributed by atoms with van der Waals surface area (Å²) in [6.45, 7) is 5.61. The zero-order valence-electron chi connectivity index (χ0n) is 17.7. The van der Waals surface area contributed by atoms with E-state index >= 15 is 0 Å². The first-order valence-electron chi connectivity index (χ1n) is 10.4. The molecule has 1 aromatic carbocycles. The fourth-order valence-corrected chi connectivity index (χ4v) is 4.85. The number of hydrogen-bond acceptors (Lipinski definition) is 5. The zero-order chi connectivity index (χ0) is 21.7. The maximum atomic E-state index is 12.9. The number of nitrogens with one attached hydrogen (secondary N) is 2. The van der Waals surface area contributed by atoms with Gasteiger partial charge >= 0.3 is 5.97 Å². The van der Waals surface area contributed by atoms with Gasteiger partial charge in [-0.2, -0.15) is 0 Å². The van der Waals surface area contributed by atoms with Crippen molar-refractivity contribution >= 4 is 39.8 Å². The smallest absolute Gasteiger partial charge is 0.341 e. The molecular formula is C23H28N2O4S. The lowest BCUT2D eigenvalue weighted by Crippen LogP contribution is -2.25. The molecule has 1 heterocycles. The van der Waals surface area contributed by atoms with Crippen LogP contribution in [0.5, 0.6) is 0 Å². The summed E-state index contributed by atoms with van der Waals surface area (Å²) in [4.78, 5) is 38.6. The summed E-state index contributed by atoms with van der Waals surface area (Å²) >= 11 is 1.12. The van der Waals surface area contributed by atoms with Crippen molar-refractivity contribution in [3.05, 3.63) is 45.8 Å². The highest BCUT2D eigenvalue weighted by Gasteiger charge is 2.29. The molecule has 1 fully saturated rings. The Morgan fingerprint density at radius 1 is 1.10 bits per heavy atom. The molecule has 0 spiro atoms. The molecule has 2 N–H and O–H groups in total. The van der Waals surface area contributed by atoms with E-state index < -0.39 is 5.97 Å². The number of anilines is 2. The van der Waals surface area contributed by atoms with E-state index in [-0.39, 0.29) is 29.9 Å². The number of thiophene rings is 1. The molecule has 1 aliphatic rings. The Balaban J connectivity index is 1.88. The largest absolute Gasteiger partial charge is 0.462 e. The molecule has 1 aliphatic carbocycles. The number of ether oxygens (including phenoxy) is 1. The van der Waals surface area contributed by atoms with E-state index in [0.29, 0.717) is 21.1 Å². The van der Waals surface area contributed by atoms with E-state index in [4.69, 9.17) is 4.74 Å². The topological polar surface area (TPSA) is 84.5 Å². The highest BCUT2D eigenvalue weighted by Crippen LogP contribution is 2.35. The van der Waals surface area contributed by atoms with Crippen LogP contribution in [0, 0.1) is 19.8 Å². The fraction of sp³-hybridized carbons (Fsp3) is 0.435. The third-order valence-corrected chi connectivity index (χ3v) is 6.53. The summed E-state index contributed by atoms with van der Waals surface area (Å²) in [5.74, 6) is -0.987. The molecule has 0 bridgehead atoms. The van der Waals surface area contributed by atoms with Gasteiger partial charge in [0.25, 0.3) is 5.91 Å². The van der Waals surface area contributed by atoms with Gasteiger partial charge in [-0.3, -0.25) is 9.59 Å². The van der Waals surface area contributed by atoms with Crippen molar-refractivity contribution in [2.24, 2.45) is 5.92 Å². The first kappa shape index (κ1) is 22.0. The van der Waals surface area contributed by atoms with Crippen LogP contribution >= 0.6 is 11.3 Å². The second kappa shape index (κ2) is 9.89. The summed E-state index contributed by atoms with van der Waals surface area (Å²) in [5.41, 5.74) is 2.49. The monoisotopic (exact) mass is 428 g/mol. The van der Waals surface area contributed by atoms with E-state index in [1.54, 1.807) is 13.8 Å². The molecule has 2 aromatic rings. The lowest BCUT2D eigenvalue weighted by Gasteiger charge is -2.20. The first-order chi connectivity index (χ1) is 14.4. The van der Waals surface area contributed by atoms with Crippen molar-refractivity contribution in [3.8, 4) is 0 Å². The van der Waals surface area contributed by atoms with Gasteiger partial charge in [-0.25, -0.2) is 4.79 Å². The Morgan fingerprint density at radius 3 is 2.50 bits per heavy atom. The maximum absolute atomic E-state index is 12.9. The maximum Gasteiger partial charge on any atom is 0.341 e. The van der Waals surface area contributed by atoms with Crippen molar-refractivity contribution in [2.45, 2.75) is 52.9 Å². The molecule has 160 valence electrons. The highest BCUT2D eigenvalue weighted by molar-refractivity contribution is 7.18. The zero-order valence-corrected chi connectivity index (χ0v) is 18.5. The van der Waals surface area contributed by atoms with Gasteiger partial charge in [-0.1, -0.05) is 31.4 Å². The second-order valence-corrected chi connectivity index (χ2v) is 8.65. The van der Waals surface area contributed by atoms with Crippen LogP contribution in [0.4, 0.5) is 10.7 Å². The molecule has 0 aliphatic heterocycles. The summed E-state index contributed by atoms with van der Waals surface area (Å²) in [6.07, 6.45) is 4.93. The Bertz CT molecular complexity index is 945. The van der Waals surface area contributed by atoms with Crippen molar-refractivity contribution < 1.29 is 19.1 Å². The summed E-state index contributed by atoms with van der Waals surface area (Å²) < 4.78 is 5.19. The van der Waals surface area contributed by atoms with Gasteiger partial charge < -0.3 is 15.4 Å². The van der Waals surface area contributed by atoms with Crippen molar-refractivity contribution in [2.75, 3.05) is 17.2 Å². The number of carbonyl (C=O) groups excluding carboxylic acids is 3. The lowest BCUT2D eigenvalue weighted by atomic mass is 9.89. The van der Waals surface area contributed by atoms with Crippen LogP contribution in [0.15, 0.2) is 24.3 Å². The van der Waals surface area contributed by atoms with Gasteiger partial charge in [0, 0.05) is 11.6 Å². The van der Waals surface area contributed by atoms with Crippen LogP contribution in [-0.2, 0) is 9.53 Å². The van der Waals surface area contributed by atoms with Crippen LogP contribution in [0.25, 0.3) is 0 Å². The SMILES string of the molecule is CCOC(=O)c1c(NC(=O)C2CCCCC2)sc(C(=O)Nc2cccc(C)c2)c1C. The number of aryl methyl sites for hydroxylation is 1. The molecule has 2 amide bonds. The van der Waals surface area contributed by atoms with Gasteiger partial charge in [0.1, 0.15) is 5.00 Å². The summed E-state index contributed by atoms with van der Waals surface area (Å²) in [6, 6.07) is 7.50. The Kier molecular flexibility index (Phi) is 7.26. The predicted octanol–water partition coefficient (Wildman–Crippen LogP) is 5.31. The lowest BCUT2D eigenvalue weighted by molar-refractivity contribution is -0.120. The summed E-state index contributed by atoms with van der Waals surface area (Å²) in [5, 5.41) is 6.17. The minimum Gasteiger partial charge on any atom is -0.462 e. The Morgan fingerprint density at radius 2 is 1.83 bits per heavy atom. The van der Waals surface area contributed by atoms with Gasteiger partial charge in [0.05, 0.1) is 17.0 Å². The second-order valence-electron chi connectivity index (χ2n) is 7.63. The normalized spacial score (nSPS) is 14.2. The van der Waals surface area contributed by atoms with Gasteiger partial charge in [0.2, 0.25) is 5.91 Å². The van der Waals surface area contributed by atoms with E-state index in [2.05, 4.69) is 10.6 Å². The molecule has 1 aromatic heterocycles. The van der Waals surface area contributed by atoms with Crippen molar-refractivity contribution in [1.29, 1.82) is 0 Å². The van der Waals surface area contributed by atoms with Crippen LogP contribution < -0.4 is 10.6 Å². The van der Waals surface area contributed by atoms with Crippen molar-refractivity contribution in [3.63, 3.8) is 0 Å². The Labute approximate surface area is 181 Å². The molecule has 30 heavy (non-hydrogen) atoms. The third-order valence-electron chi connectivity index (χ3n) is 5.32. The van der Waals surface area contributed by atoms with E-state index in [1.807, 2.05) is 31.2 Å². The van der Waals surface area contributed by atoms with Crippen molar-refractivity contribution in [1.82, 2.24) is 0 Å². The molecule has 0 atom stereocenters. The highest BCUT2D eigenvalue weighted by atomic mass is 32.1. The molecule has 1 saturated carbocycles. The molecule has 0 saturated heterocycles. The molecule has 0 unspecified atom stereocenters. The van der Waals surface area contributed by atoms with Gasteiger partial charge in [-0.15, -0.1) is 11.3 Å². The molecular weight excluding hydrogens is 400 g/mol. The van der Waals surface area contributed by atoms with Crippen LogP contribution in [0.2, 0.25) is 0 Å². The van der Waals surface area contributed by atoms with Crippen LogP contribution in [0.1, 0.15) is 70.2 Å². The quantitative estimate of drug-likeness (QED) is 0.611. The van der Waals surface area contributed by atoms with Gasteiger partial charge in [0.15, 0.2) is 0 Å². The number of hydrogen-bond donors (Lipinski definition) is 2. The molecule has 6 nitrogen and oxygen atoms in total. The van der Waals surface area contributed by atoms with E-state index in [1.165, 1.54) is 0 Å². The number of amides is 2. The number of carbonyl (C=O) groups is 3. The molecule has 7 heteroatoms. The Hall–Kier alpha value is -2.67. The molecule has 3 rings (SSSR count). The van der Waals surface area contributed by atoms with Gasteiger partial charge in [-0.05, 0) is 56.9 Å². The van der Waals surface area contributed by atoms with Crippen LogP contribution in [-0.4, -0.2) is 24.4 Å². The van der Waals surface area contributed by atoms with Crippen LogP contribution in [0.3, 0.4) is 0 Å². The standard InChI is InChI=1S/C23H28N2O4S/c1-4-29-23(28)18-15(3)19(21(27)24-17-12-8-9-14(2)13-17)30-22(18)25-20(26)16-10-6-5-7-11-16/h8-9,12-13,16H,4-7,10-11H2,1-3H3,(H,24,27)(H,25,26). The number of rotatable bonds is 6.